The van der Waals surface area contributed by atoms with Gasteiger partial charge < -0.3 is 10.2 Å². The van der Waals surface area contributed by atoms with Crippen LogP contribution in [0.1, 0.15) is 74.8 Å². The van der Waals surface area contributed by atoms with Crippen molar-refractivity contribution in [3.8, 4) is 6.07 Å². The Bertz CT molecular complexity index is 851. The largest absolute Gasteiger partial charge is 0.335 e. The molecule has 1 aliphatic heterocycles. The van der Waals surface area contributed by atoms with E-state index in [1.807, 2.05) is 0 Å². The lowest BCUT2D eigenvalue weighted by Gasteiger charge is -2.54. The van der Waals surface area contributed by atoms with Crippen molar-refractivity contribution in [2.24, 2.45) is 23.7 Å². The fraction of sp³-hybridized carbons (Fsp3) is 0.692. The Morgan fingerprint density at radius 2 is 1.73 bits per heavy atom. The quantitative estimate of drug-likeness (QED) is 0.759. The molecule has 4 heteroatoms. The highest BCUT2D eigenvalue weighted by molar-refractivity contribution is 5.75. The maximum absolute atomic E-state index is 13.2. The van der Waals surface area contributed by atoms with Crippen molar-refractivity contribution in [1.29, 1.82) is 5.26 Å². The highest BCUT2D eigenvalue weighted by Crippen LogP contribution is 2.54. The molecule has 4 nitrogen and oxygen atoms in total. The highest BCUT2D eigenvalue weighted by Gasteiger charge is 2.50. The normalized spacial score (nSPS) is 37.8. The second-order valence-electron chi connectivity index (χ2n) is 11.0. The van der Waals surface area contributed by atoms with Crippen LogP contribution in [-0.2, 0) is 5.41 Å². The van der Waals surface area contributed by atoms with E-state index >= 15 is 0 Å². The van der Waals surface area contributed by atoms with Crippen LogP contribution in [0, 0.1) is 35.0 Å². The van der Waals surface area contributed by atoms with Crippen molar-refractivity contribution in [3.05, 3.63) is 35.4 Å². The summed E-state index contributed by atoms with van der Waals surface area (Å²) in [5.41, 5.74) is 2.99. The zero-order valence-corrected chi connectivity index (χ0v) is 17.9. The summed E-state index contributed by atoms with van der Waals surface area (Å²) in [6.45, 7) is 1.68. The van der Waals surface area contributed by atoms with Gasteiger partial charge in [0.1, 0.15) is 0 Å². The van der Waals surface area contributed by atoms with Crippen LogP contribution in [0.25, 0.3) is 0 Å². The zero-order chi connectivity index (χ0) is 20.3. The SMILES string of the molecule is N#CCC1CC2(CCN(C(=O)NC3C4CC5CC(C4)CC3C5)CC2)c2ccccc21. The third-order valence-electron chi connectivity index (χ3n) is 9.47. The van der Waals surface area contributed by atoms with Crippen LogP contribution in [0.2, 0.25) is 0 Å². The molecule has 4 bridgehead atoms. The van der Waals surface area contributed by atoms with E-state index in [4.69, 9.17) is 0 Å². The fourth-order valence-electron chi connectivity index (χ4n) is 8.33. The molecule has 1 aromatic rings. The number of amides is 2. The molecule has 0 radical (unpaired) electrons. The van der Waals surface area contributed by atoms with Gasteiger partial charge in [0.25, 0.3) is 0 Å². The molecule has 30 heavy (non-hydrogen) atoms. The Morgan fingerprint density at radius 1 is 1.07 bits per heavy atom. The van der Waals surface area contributed by atoms with Crippen molar-refractivity contribution in [3.63, 3.8) is 0 Å². The predicted molar refractivity (Wildman–Crippen MR) is 116 cm³/mol. The molecule has 1 unspecified atom stereocenters. The van der Waals surface area contributed by atoms with Gasteiger partial charge in [0.2, 0.25) is 0 Å². The summed E-state index contributed by atoms with van der Waals surface area (Å²) >= 11 is 0. The van der Waals surface area contributed by atoms with Crippen molar-refractivity contribution in [2.75, 3.05) is 13.1 Å². The van der Waals surface area contributed by atoms with Gasteiger partial charge in [0, 0.05) is 25.6 Å². The number of carbonyl (C=O) groups excluding carboxylic acids is 1. The van der Waals surface area contributed by atoms with Gasteiger partial charge in [-0.15, -0.1) is 0 Å². The summed E-state index contributed by atoms with van der Waals surface area (Å²) in [6.07, 6.45) is 10.6. The average Bonchev–Trinajstić information content (AvgIpc) is 3.04. The van der Waals surface area contributed by atoms with Gasteiger partial charge in [0.15, 0.2) is 0 Å². The smallest absolute Gasteiger partial charge is 0.317 e. The van der Waals surface area contributed by atoms with Crippen molar-refractivity contribution in [2.45, 2.75) is 75.2 Å². The van der Waals surface area contributed by atoms with Gasteiger partial charge in [-0.25, -0.2) is 4.79 Å². The second kappa shape index (κ2) is 7.01. The first-order valence-electron chi connectivity index (χ1n) is 12.2. The van der Waals surface area contributed by atoms with E-state index in [-0.39, 0.29) is 11.4 Å². The monoisotopic (exact) mass is 403 g/mol. The molecule has 5 aliphatic carbocycles. The van der Waals surface area contributed by atoms with Crippen molar-refractivity contribution < 1.29 is 4.79 Å². The molecular formula is C26H33N3O. The lowest BCUT2D eigenvalue weighted by Crippen LogP contribution is -2.59. The van der Waals surface area contributed by atoms with Crippen LogP contribution in [0.3, 0.4) is 0 Å². The minimum Gasteiger partial charge on any atom is -0.335 e. The topological polar surface area (TPSA) is 56.1 Å². The number of rotatable bonds is 2. The molecule has 6 aliphatic rings. The predicted octanol–water partition coefficient (Wildman–Crippen LogP) is 4.96. The number of hydrogen-bond donors (Lipinski definition) is 1. The molecule has 7 rings (SSSR count). The maximum Gasteiger partial charge on any atom is 0.317 e. The molecule has 2 amide bonds. The first kappa shape index (κ1) is 18.7. The number of carbonyl (C=O) groups is 1. The van der Waals surface area contributed by atoms with Gasteiger partial charge >= 0.3 is 6.03 Å². The Labute approximate surface area is 180 Å². The Hall–Kier alpha value is -2.02. The number of likely N-dealkylation sites (tertiary alicyclic amines) is 1. The summed E-state index contributed by atoms with van der Waals surface area (Å²) in [5.74, 6) is 3.71. The number of nitriles is 1. The van der Waals surface area contributed by atoms with Gasteiger partial charge in [-0.2, -0.15) is 5.26 Å². The molecule has 1 atom stereocenters. The third kappa shape index (κ3) is 2.88. The van der Waals surface area contributed by atoms with Crippen LogP contribution in [-0.4, -0.2) is 30.1 Å². The standard InChI is InChI=1S/C26H33N3O/c27-8-5-19-16-26(23-4-2-1-3-22(19)23)6-9-29(10-7-26)25(30)28-24-20-12-17-11-18(14-20)15-21(24)13-17/h1-4,17-21,24H,5-7,9-16H2,(H,28,30). The summed E-state index contributed by atoms with van der Waals surface area (Å²) in [5, 5.41) is 12.8. The molecule has 1 aromatic carbocycles. The Kier molecular flexibility index (Phi) is 4.37. The van der Waals surface area contributed by atoms with Crippen molar-refractivity contribution in [1.82, 2.24) is 10.2 Å². The number of fused-ring (bicyclic) bond motifs is 2. The molecule has 1 heterocycles. The molecular weight excluding hydrogens is 370 g/mol. The number of nitrogens with zero attached hydrogens (tertiary/aromatic N) is 2. The van der Waals surface area contributed by atoms with Crippen LogP contribution in [0.4, 0.5) is 4.79 Å². The molecule has 158 valence electrons. The van der Waals surface area contributed by atoms with Crippen LogP contribution >= 0.6 is 0 Å². The number of urea groups is 1. The number of benzene rings is 1. The van der Waals surface area contributed by atoms with E-state index in [1.54, 1.807) is 0 Å². The Morgan fingerprint density at radius 3 is 2.40 bits per heavy atom. The first-order chi connectivity index (χ1) is 14.6. The van der Waals surface area contributed by atoms with E-state index < -0.39 is 0 Å². The van der Waals surface area contributed by atoms with E-state index in [2.05, 4.69) is 40.6 Å². The van der Waals surface area contributed by atoms with E-state index in [0.717, 1.165) is 56.0 Å². The summed E-state index contributed by atoms with van der Waals surface area (Å²) in [4.78, 5) is 15.3. The van der Waals surface area contributed by atoms with E-state index in [1.165, 1.54) is 43.2 Å². The second-order valence-corrected chi connectivity index (χ2v) is 11.0. The molecule has 0 aromatic heterocycles. The first-order valence-corrected chi connectivity index (χ1v) is 12.2. The highest BCUT2D eigenvalue weighted by atomic mass is 16.2. The van der Waals surface area contributed by atoms with Gasteiger partial charge in [-0.3, -0.25) is 0 Å². The molecule has 5 fully saturated rings. The number of nitrogens with one attached hydrogen (secondary N) is 1. The molecule has 1 saturated heterocycles. The van der Waals surface area contributed by atoms with Crippen molar-refractivity contribution >= 4 is 6.03 Å². The summed E-state index contributed by atoms with van der Waals surface area (Å²) < 4.78 is 0. The van der Waals surface area contributed by atoms with E-state index in [9.17, 15) is 10.1 Å². The summed E-state index contributed by atoms with van der Waals surface area (Å²) in [7, 11) is 0. The van der Waals surface area contributed by atoms with E-state index in [0.29, 0.717) is 18.4 Å². The molecule has 1 N–H and O–H groups in total. The lowest BCUT2D eigenvalue weighted by atomic mass is 9.54. The fourth-order valence-corrected chi connectivity index (χ4v) is 8.33. The van der Waals surface area contributed by atoms with Crippen LogP contribution in [0.15, 0.2) is 24.3 Å². The zero-order valence-electron chi connectivity index (χ0n) is 17.9. The Balaban J connectivity index is 1.12. The maximum atomic E-state index is 13.2. The number of piperidine rings is 1. The third-order valence-corrected chi connectivity index (χ3v) is 9.47. The van der Waals surface area contributed by atoms with Crippen LogP contribution in [0.5, 0.6) is 0 Å². The number of hydrogen-bond acceptors (Lipinski definition) is 2. The minimum atomic E-state index is 0.164. The average molecular weight is 404 g/mol. The van der Waals surface area contributed by atoms with Gasteiger partial charge in [0.05, 0.1) is 6.07 Å². The van der Waals surface area contributed by atoms with Gasteiger partial charge in [-0.1, -0.05) is 24.3 Å². The van der Waals surface area contributed by atoms with Crippen LogP contribution < -0.4 is 5.32 Å². The summed E-state index contributed by atoms with van der Waals surface area (Å²) in [6, 6.07) is 11.7. The van der Waals surface area contributed by atoms with Gasteiger partial charge in [-0.05, 0) is 97.5 Å². The molecule has 4 saturated carbocycles. The lowest BCUT2D eigenvalue weighted by molar-refractivity contribution is -0.0115. The molecule has 1 spiro atoms. The minimum absolute atomic E-state index is 0.164.